The van der Waals surface area contributed by atoms with Gasteiger partial charge < -0.3 is 9.88 Å². The molecule has 33 heavy (non-hydrogen) atoms. The fourth-order valence-corrected chi connectivity index (χ4v) is 4.22. The Balaban J connectivity index is 1.60. The molecule has 5 aromatic rings. The van der Waals surface area contributed by atoms with E-state index in [9.17, 15) is 9.18 Å². The topological polar surface area (TPSA) is 34.0 Å². The Morgan fingerprint density at radius 1 is 0.788 bits per heavy atom. The zero-order chi connectivity index (χ0) is 22.6. The normalized spacial score (nSPS) is 11.9. The molecular weight excluding hydrogens is 411 g/mol. The maximum atomic E-state index is 13.7. The smallest absolute Gasteiger partial charge is 0.252 e. The van der Waals surface area contributed by atoms with Crippen LogP contribution in [-0.2, 0) is 6.54 Å². The molecule has 1 heterocycles. The lowest BCUT2D eigenvalue weighted by Gasteiger charge is -2.19. The number of fused-ring (bicyclic) bond motifs is 1. The van der Waals surface area contributed by atoms with Crippen LogP contribution >= 0.6 is 0 Å². The first-order valence-corrected chi connectivity index (χ1v) is 10.9. The zero-order valence-electron chi connectivity index (χ0n) is 18.0. The Morgan fingerprint density at radius 2 is 1.42 bits per heavy atom. The maximum Gasteiger partial charge on any atom is 0.252 e. The summed E-state index contributed by atoms with van der Waals surface area (Å²) in [7, 11) is 0. The summed E-state index contributed by atoms with van der Waals surface area (Å²) in [6.45, 7) is 0.712. The van der Waals surface area contributed by atoms with Gasteiger partial charge in [-0.2, -0.15) is 0 Å². The van der Waals surface area contributed by atoms with Gasteiger partial charge in [0.1, 0.15) is 5.82 Å². The molecule has 0 radical (unpaired) electrons. The lowest BCUT2D eigenvalue weighted by Crippen LogP contribution is -2.29. The van der Waals surface area contributed by atoms with Crippen molar-refractivity contribution < 1.29 is 9.18 Å². The quantitative estimate of drug-likeness (QED) is 0.332. The van der Waals surface area contributed by atoms with Gasteiger partial charge in [0.25, 0.3) is 5.91 Å². The van der Waals surface area contributed by atoms with Crippen molar-refractivity contribution in [1.82, 2.24) is 9.88 Å². The van der Waals surface area contributed by atoms with Crippen molar-refractivity contribution in [2.45, 2.75) is 12.6 Å². The van der Waals surface area contributed by atoms with Crippen molar-refractivity contribution in [2.75, 3.05) is 0 Å². The summed E-state index contributed by atoms with van der Waals surface area (Å²) < 4.78 is 15.9. The minimum atomic E-state index is -0.430. The zero-order valence-corrected chi connectivity index (χ0v) is 18.0. The molecule has 1 aromatic heterocycles. The van der Waals surface area contributed by atoms with E-state index in [-0.39, 0.29) is 11.7 Å². The van der Waals surface area contributed by atoms with Crippen LogP contribution in [0.15, 0.2) is 115 Å². The van der Waals surface area contributed by atoms with Gasteiger partial charge >= 0.3 is 0 Å². The number of amides is 1. The number of benzene rings is 4. The molecule has 0 aliphatic rings. The van der Waals surface area contributed by atoms with E-state index in [4.69, 9.17) is 0 Å². The lowest BCUT2D eigenvalue weighted by molar-refractivity contribution is 0.0943. The Labute approximate surface area is 192 Å². The molecule has 1 N–H and O–H groups in total. The molecule has 0 saturated carbocycles. The molecule has 4 aromatic carbocycles. The van der Waals surface area contributed by atoms with Crippen LogP contribution in [0.1, 0.15) is 33.1 Å². The van der Waals surface area contributed by atoms with E-state index in [0.717, 1.165) is 22.0 Å². The summed E-state index contributed by atoms with van der Waals surface area (Å²) in [5.74, 6) is -0.483. The average Bonchev–Trinajstić information content (AvgIpc) is 3.22. The van der Waals surface area contributed by atoms with Crippen molar-refractivity contribution >= 4 is 16.8 Å². The van der Waals surface area contributed by atoms with E-state index in [1.54, 1.807) is 24.3 Å². The highest BCUT2D eigenvalue weighted by Crippen LogP contribution is 2.32. The molecular formula is C29H23FN2O. The lowest BCUT2D eigenvalue weighted by atomic mass is 9.97. The second-order valence-electron chi connectivity index (χ2n) is 8.04. The van der Waals surface area contributed by atoms with Crippen molar-refractivity contribution in [3.8, 4) is 0 Å². The Bertz CT molecular complexity index is 1380. The molecule has 3 nitrogen and oxygen atoms in total. The van der Waals surface area contributed by atoms with Crippen molar-refractivity contribution in [2.24, 2.45) is 0 Å². The number of para-hydroxylation sites is 1. The highest BCUT2D eigenvalue weighted by atomic mass is 19.1. The molecule has 4 heteroatoms. The van der Waals surface area contributed by atoms with Crippen molar-refractivity contribution in [3.63, 3.8) is 0 Å². The van der Waals surface area contributed by atoms with E-state index in [1.165, 1.54) is 17.7 Å². The molecule has 0 bridgehead atoms. The number of carbonyl (C=O) groups excluding carboxylic acids is 1. The van der Waals surface area contributed by atoms with Gasteiger partial charge in [-0.1, -0.05) is 78.9 Å². The van der Waals surface area contributed by atoms with Gasteiger partial charge in [-0.05, 0) is 41.5 Å². The van der Waals surface area contributed by atoms with Crippen LogP contribution in [-0.4, -0.2) is 10.5 Å². The SMILES string of the molecule is O=C(N[C@H](c1ccc(F)cc1)c1cn(Cc2ccccc2)c2ccccc12)c1ccccc1. The van der Waals surface area contributed by atoms with Crippen LogP contribution in [0.5, 0.6) is 0 Å². The predicted molar refractivity (Wildman–Crippen MR) is 130 cm³/mol. The molecule has 1 amide bonds. The maximum absolute atomic E-state index is 13.7. The molecule has 0 spiro atoms. The van der Waals surface area contributed by atoms with Crippen LogP contribution in [0, 0.1) is 5.82 Å². The fraction of sp³-hybridized carbons (Fsp3) is 0.0690. The minimum Gasteiger partial charge on any atom is -0.343 e. The molecule has 0 aliphatic carbocycles. The van der Waals surface area contributed by atoms with E-state index in [0.29, 0.717) is 12.1 Å². The summed E-state index contributed by atoms with van der Waals surface area (Å²) >= 11 is 0. The molecule has 5 rings (SSSR count). The molecule has 0 unspecified atom stereocenters. The van der Waals surface area contributed by atoms with Crippen LogP contribution < -0.4 is 5.32 Å². The number of halogens is 1. The summed E-state index contributed by atoms with van der Waals surface area (Å²) in [5.41, 5.74) is 4.65. The molecule has 0 aliphatic heterocycles. The number of rotatable bonds is 6. The summed E-state index contributed by atoms with van der Waals surface area (Å²) in [4.78, 5) is 13.1. The fourth-order valence-electron chi connectivity index (χ4n) is 4.22. The van der Waals surface area contributed by atoms with Gasteiger partial charge in [-0.15, -0.1) is 0 Å². The van der Waals surface area contributed by atoms with Crippen LogP contribution in [0.25, 0.3) is 10.9 Å². The van der Waals surface area contributed by atoms with Crippen molar-refractivity contribution in [3.05, 3.63) is 143 Å². The number of hydrogen-bond acceptors (Lipinski definition) is 1. The number of aromatic nitrogens is 1. The Morgan fingerprint density at radius 3 is 2.15 bits per heavy atom. The van der Waals surface area contributed by atoms with E-state index >= 15 is 0 Å². The highest BCUT2D eigenvalue weighted by molar-refractivity contribution is 5.95. The van der Waals surface area contributed by atoms with Gasteiger partial charge in [0.05, 0.1) is 6.04 Å². The van der Waals surface area contributed by atoms with E-state index in [2.05, 4.69) is 40.3 Å². The third-order valence-electron chi connectivity index (χ3n) is 5.84. The number of nitrogens with zero attached hydrogens (tertiary/aromatic N) is 1. The third kappa shape index (κ3) is 4.41. The molecule has 162 valence electrons. The van der Waals surface area contributed by atoms with Crippen LogP contribution in [0.2, 0.25) is 0 Å². The minimum absolute atomic E-state index is 0.176. The van der Waals surface area contributed by atoms with Crippen LogP contribution in [0.4, 0.5) is 4.39 Å². The number of hydrogen-bond donors (Lipinski definition) is 1. The highest BCUT2D eigenvalue weighted by Gasteiger charge is 2.22. The van der Waals surface area contributed by atoms with Crippen molar-refractivity contribution in [1.29, 1.82) is 0 Å². The second-order valence-corrected chi connectivity index (χ2v) is 8.04. The monoisotopic (exact) mass is 434 g/mol. The standard InChI is InChI=1S/C29H23FN2O/c30-24-17-15-22(16-18-24)28(31-29(33)23-11-5-2-6-12-23)26-20-32(19-21-9-3-1-4-10-21)27-14-8-7-13-25(26)27/h1-18,20,28H,19H2,(H,31,33)/t28-/m1/s1. The van der Waals surface area contributed by atoms with E-state index < -0.39 is 6.04 Å². The van der Waals surface area contributed by atoms with Gasteiger partial charge in [0, 0.05) is 34.8 Å². The first kappa shape index (κ1) is 20.7. The van der Waals surface area contributed by atoms with Gasteiger partial charge in [0.15, 0.2) is 0 Å². The van der Waals surface area contributed by atoms with Gasteiger partial charge in [-0.25, -0.2) is 4.39 Å². The average molecular weight is 435 g/mol. The first-order valence-electron chi connectivity index (χ1n) is 10.9. The molecule has 1 atom stereocenters. The predicted octanol–water partition coefficient (Wildman–Crippen LogP) is 6.35. The first-order chi connectivity index (χ1) is 16.2. The second kappa shape index (κ2) is 9.13. The number of carbonyl (C=O) groups is 1. The van der Waals surface area contributed by atoms with E-state index in [1.807, 2.05) is 48.5 Å². The number of nitrogens with one attached hydrogen (secondary N) is 1. The Hall–Kier alpha value is -4.18. The molecule has 0 fully saturated rings. The summed E-state index contributed by atoms with van der Waals surface area (Å²) in [5, 5.41) is 4.23. The third-order valence-corrected chi connectivity index (χ3v) is 5.84. The summed E-state index contributed by atoms with van der Waals surface area (Å²) in [6.07, 6.45) is 2.09. The van der Waals surface area contributed by atoms with Gasteiger partial charge in [-0.3, -0.25) is 4.79 Å². The van der Waals surface area contributed by atoms with Crippen LogP contribution in [0.3, 0.4) is 0 Å². The van der Waals surface area contributed by atoms with Gasteiger partial charge in [0.2, 0.25) is 0 Å². The summed E-state index contributed by atoms with van der Waals surface area (Å²) in [6, 6.07) is 33.5. The largest absolute Gasteiger partial charge is 0.343 e. The Kier molecular flexibility index (Phi) is 5.73. The molecule has 0 saturated heterocycles.